The topological polar surface area (TPSA) is 178 Å². The smallest absolute Gasteiger partial charge is 0.375 e. The van der Waals surface area contributed by atoms with E-state index in [1.165, 1.54) is 59.8 Å². The molecular formula is C30H53N2O11. The van der Waals surface area contributed by atoms with Crippen LogP contribution in [0.3, 0.4) is 0 Å². The number of hydrogen-bond donors (Lipinski definition) is 3. The van der Waals surface area contributed by atoms with Crippen LogP contribution in [0.1, 0.15) is 125 Å². The standard InChI is InChI=1S/C30H53N2O11/c1-6-11-12-13-14-15-16-17-18-19-22-25(34)31-30(41-9-4,42-10-5)29(28(38)39,40-8-3)43-32(26(35)7-2)24(27(36)37)21-20-23-33/h24H,6-22H2,1-5H3,(H,31,34)(H,36,37)(H,38,39). The van der Waals surface area contributed by atoms with Crippen molar-refractivity contribution in [1.82, 2.24) is 10.4 Å². The summed E-state index contributed by atoms with van der Waals surface area (Å²) in [5.41, 5.74) is 0. The zero-order valence-corrected chi connectivity index (χ0v) is 26.6. The average Bonchev–Trinajstić information content (AvgIpc) is 2.96. The largest absolute Gasteiger partial charge is 0.480 e. The highest BCUT2D eigenvalue weighted by Crippen LogP contribution is 2.34. The number of carboxylic acids is 2. The van der Waals surface area contributed by atoms with Gasteiger partial charge in [-0.15, -0.1) is 0 Å². The number of carbonyl (C=O) groups excluding carboxylic acids is 3. The monoisotopic (exact) mass is 617 g/mol. The van der Waals surface area contributed by atoms with Crippen LogP contribution in [0.25, 0.3) is 0 Å². The Kier molecular flexibility index (Phi) is 21.5. The van der Waals surface area contributed by atoms with Gasteiger partial charge in [-0.2, -0.15) is 0 Å². The van der Waals surface area contributed by atoms with E-state index in [1.54, 1.807) is 6.29 Å². The van der Waals surface area contributed by atoms with Gasteiger partial charge in [-0.1, -0.05) is 71.6 Å². The lowest BCUT2D eigenvalue weighted by molar-refractivity contribution is -0.442. The molecule has 13 nitrogen and oxygen atoms in total. The van der Waals surface area contributed by atoms with E-state index in [4.69, 9.17) is 19.0 Å². The van der Waals surface area contributed by atoms with Crippen molar-refractivity contribution in [1.29, 1.82) is 0 Å². The van der Waals surface area contributed by atoms with Gasteiger partial charge in [-0.3, -0.25) is 19.7 Å². The van der Waals surface area contributed by atoms with Crippen molar-refractivity contribution in [3.8, 4) is 0 Å². The molecule has 0 aliphatic rings. The minimum Gasteiger partial charge on any atom is -0.480 e. The Labute approximate surface area is 255 Å². The number of carbonyl (C=O) groups is 4. The van der Waals surface area contributed by atoms with E-state index in [2.05, 4.69) is 12.2 Å². The number of nitrogens with one attached hydrogen (secondary N) is 1. The fourth-order valence-electron chi connectivity index (χ4n) is 4.56. The number of hydrogen-bond acceptors (Lipinski definition) is 9. The lowest BCUT2D eigenvalue weighted by atomic mass is 10.1. The predicted molar refractivity (Wildman–Crippen MR) is 157 cm³/mol. The maximum Gasteiger partial charge on any atom is 0.375 e. The molecule has 3 N–H and O–H groups in total. The quantitative estimate of drug-likeness (QED) is 0.0641. The van der Waals surface area contributed by atoms with Crippen LogP contribution in [0.15, 0.2) is 0 Å². The number of ether oxygens (including phenoxy) is 3. The summed E-state index contributed by atoms with van der Waals surface area (Å²) < 4.78 is 17.0. The van der Waals surface area contributed by atoms with Crippen molar-refractivity contribution >= 4 is 30.0 Å². The molecule has 2 atom stereocenters. The first-order valence-corrected chi connectivity index (χ1v) is 15.6. The summed E-state index contributed by atoms with van der Waals surface area (Å²) in [6, 6.07) is -1.78. The van der Waals surface area contributed by atoms with Crippen molar-refractivity contribution in [2.24, 2.45) is 0 Å². The number of nitrogens with zero attached hydrogens (tertiary/aromatic N) is 1. The molecule has 0 heterocycles. The van der Waals surface area contributed by atoms with Gasteiger partial charge in [0.15, 0.2) is 12.3 Å². The van der Waals surface area contributed by atoms with Gasteiger partial charge in [-0.05, 0) is 33.6 Å². The van der Waals surface area contributed by atoms with E-state index in [0.717, 1.165) is 25.7 Å². The van der Waals surface area contributed by atoms with E-state index in [1.807, 2.05) is 0 Å². The Morgan fingerprint density at radius 1 is 0.791 bits per heavy atom. The van der Waals surface area contributed by atoms with Crippen LogP contribution >= 0.6 is 0 Å². The molecule has 0 rings (SSSR count). The summed E-state index contributed by atoms with van der Waals surface area (Å²) in [6.07, 6.45) is 11.1. The SMILES string of the molecule is CCCCCCCCCCCCC(=O)NC(OCC)(OCC)C(OCC)(ON(C(=O)CC)C(CC[C]=O)C(=O)O)C(=O)O. The van der Waals surface area contributed by atoms with Crippen LogP contribution in [0.2, 0.25) is 0 Å². The summed E-state index contributed by atoms with van der Waals surface area (Å²) in [7, 11) is 0. The normalized spacial score (nSPS) is 13.6. The summed E-state index contributed by atoms with van der Waals surface area (Å²) in [5, 5.41) is 23.2. The second kappa shape index (κ2) is 22.9. The number of aliphatic carboxylic acids is 2. The zero-order valence-electron chi connectivity index (χ0n) is 26.6. The van der Waals surface area contributed by atoms with Crippen molar-refractivity contribution in [2.45, 2.75) is 142 Å². The summed E-state index contributed by atoms with van der Waals surface area (Å²) in [6.45, 7) is 7.39. The Balaban J connectivity index is 6.13. The molecule has 0 aromatic rings. The van der Waals surface area contributed by atoms with E-state index < -0.39 is 47.9 Å². The predicted octanol–water partition coefficient (Wildman–Crippen LogP) is 4.47. The fraction of sp³-hybridized carbons (Fsp3) is 0.833. The molecule has 0 saturated heterocycles. The van der Waals surface area contributed by atoms with Crippen LogP contribution in [0.5, 0.6) is 0 Å². The first-order chi connectivity index (χ1) is 20.6. The second-order valence-corrected chi connectivity index (χ2v) is 10.0. The van der Waals surface area contributed by atoms with Crippen molar-refractivity contribution < 1.29 is 53.2 Å². The molecule has 0 spiro atoms. The third-order valence-electron chi connectivity index (χ3n) is 6.68. The third-order valence-corrected chi connectivity index (χ3v) is 6.68. The van der Waals surface area contributed by atoms with Crippen LogP contribution in [0, 0.1) is 0 Å². The van der Waals surface area contributed by atoms with Gasteiger partial charge >= 0.3 is 23.6 Å². The zero-order chi connectivity index (χ0) is 32.7. The Hall–Kier alpha value is -2.61. The van der Waals surface area contributed by atoms with Gasteiger partial charge in [0, 0.05) is 39.1 Å². The summed E-state index contributed by atoms with van der Waals surface area (Å²) >= 11 is 0. The van der Waals surface area contributed by atoms with Crippen molar-refractivity contribution in [3.63, 3.8) is 0 Å². The molecule has 0 bridgehead atoms. The average molecular weight is 618 g/mol. The second-order valence-electron chi connectivity index (χ2n) is 10.0. The minimum absolute atomic E-state index is 0.0186. The van der Waals surface area contributed by atoms with E-state index in [-0.39, 0.29) is 39.1 Å². The summed E-state index contributed by atoms with van der Waals surface area (Å²) in [4.78, 5) is 67.8. The molecule has 2 amide bonds. The number of rotatable bonds is 28. The van der Waals surface area contributed by atoms with E-state index >= 15 is 0 Å². The molecule has 0 saturated carbocycles. The van der Waals surface area contributed by atoms with Gasteiger partial charge in [0.2, 0.25) is 11.8 Å². The molecule has 249 valence electrons. The number of hydroxylamine groups is 2. The number of unbranched alkanes of at least 4 members (excludes halogenated alkanes) is 9. The number of amides is 2. The fourth-order valence-corrected chi connectivity index (χ4v) is 4.56. The molecule has 0 aliphatic heterocycles. The molecule has 0 aromatic carbocycles. The molecular weight excluding hydrogens is 564 g/mol. The van der Waals surface area contributed by atoms with Crippen LogP contribution < -0.4 is 5.32 Å². The Bertz CT molecular complexity index is 833. The van der Waals surface area contributed by atoms with Gasteiger partial charge < -0.3 is 24.4 Å². The molecule has 0 fully saturated rings. The highest BCUT2D eigenvalue weighted by molar-refractivity contribution is 5.84. The van der Waals surface area contributed by atoms with E-state index in [0.29, 0.717) is 11.5 Å². The van der Waals surface area contributed by atoms with Gasteiger partial charge in [0.1, 0.15) is 0 Å². The van der Waals surface area contributed by atoms with Crippen LogP contribution in [0.4, 0.5) is 0 Å². The molecule has 0 aliphatic carbocycles. The lowest BCUT2D eigenvalue weighted by Gasteiger charge is -2.46. The maximum atomic E-state index is 13.2. The molecule has 13 heteroatoms. The van der Waals surface area contributed by atoms with Gasteiger partial charge in [-0.25, -0.2) is 19.5 Å². The molecule has 0 aromatic heterocycles. The van der Waals surface area contributed by atoms with Crippen LogP contribution in [-0.2, 0) is 43.0 Å². The minimum atomic E-state index is -3.06. The van der Waals surface area contributed by atoms with Gasteiger partial charge in [0.05, 0.1) is 0 Å². The summed E-state index contributed by atoms with van der Waals surface area (Å²) in [5.74, 6) is -10.6. The molecule has 1 radical (unpaired) electrons. The van der Waals surface area contributed by atoms with Crippen molar-refractivity contribution in [3.05, 3.63) is 0 Å². The third kappa shape index (κ3) is 13.3. The Morgan fingerprint density at radius 3 is 1.72 bits per heavy atom. The molecule has 43 heavy (non-hydrogen) atoms. The molecule has 2 unspecified atom stereocenters. The maximum absolute atomic E-state index is 13.2. The van der Waals surface area contributed by atoms with Crippen LogP contribution in [-0.4, -0.2) is 82.9 Å². The first-order valence-electron chi connectivity index (χ1n) is 15.6. The number of carboxylic acid groups (broad SMARTS) is 2. The van der Waals surface area contributed by atoms with E-state index in [9.17, 15) is 34.2 Å². The Morgan fingerprint density at radius 2 is 1.30 bits per heavy atom. The highest BCUT2D eigenvalue weighted by atomic mass is 16.9. The lowest BCUT2D eigenvalue weighted by Crippen LogP contribution is -2.74. The van der Waals surface area contributed by atoms with Gasteiger partial charge in [0.25, 0.3) is 0 Å². The highest BCUT2D eigenvalue weighted by Gasteiger charge is 2.66. The van der Waals surface area contributed by atoms with Crippen molar-refractivity contribution in [2.75, 3.05) is 19.8 Å². The first kappa shape index (κ1) is 40.4.